The number of methoxy groups -OCH3 is 1. The highest BCUT2D eigenvalue weighted by molar-refractivity contribution is 5.93. The average Bonchev–Trinajstić information content (AvgIpc) is 3.53. The number of aromatic amines is 1. The third kappa shape index (κ3) is 4.05. The van der Waals surface area contributed by atoms with E-state index in [9.17, 15) is 9.90 Å². The fourth-order valence-electron chi connectivity index (χ4n) is 5.73. The summed E-state index contributed by atoms with van der Waals surface area (Å²) in [4.78, 5) is 23.5. The number of aliphatic hydroxyl groups excluding tert-OH is 1. The molecule has 1 saturated carbocycles. The van der Waals surface area contributed by atoms with Crippen LogP contribution in [0.4, 0.5) is 0 Å². The molecule has 2 aliphatic carbocycles. The number of H-pyrrole nitrogens is 1. The molecule has 37 heavy (non-hydrogen) atoms. The Balaban J connectivity index is 1.28. The van der Waals surface area contributed by atoms with Crippen molar-refractivity contribution >= 4 is 16.9 Å². The van der Waals surface area contributed by atoms with Crippen LogP contribution in [0.2, 0.25) is 0 Å². The summed E-state index contributed by atoms with van der Waals surface area (Å²) in [6.45, 7) is 1.51. The van der Waals surface area contributed by atoms with E-state index < -0.39 is 6.10 Å². The van der Waals surface area contributed by atoms with Crippen LogP contribution in [0.25, 0.3) is 33.5 Å². The van der Waals surface area contributed by atoms with Crippen LogP contribution >= 0.6 is 0 Å². The first-order chi connectivity index (χ1) is 17.9. The van der Waals surface area contributed by atoms with Gasteiger partial charge in [0.25, 0.3) is 5.91 Å². The maximum Gasteiger partial charge on any atom is 0.251 e. The highest BCUT2D eigenvalue weighted by Gasteiger charge is 2.36. The van der Waals surface area contributed by atoms with Crippen LogP contribution in [-0.2, 0) is 17.6 Å². The van der Waals surface area contributed by atoms with Gasteiger partial charge in [-0.1, -0.05) is 18.2 Å². The van der Waals surface area contributed by atoms with Crippen LogP contribution in [0.1, 0.15) is 48.9 Å². The van der Waals surface area contributed by atoms with E-state index in [-0.39, 0.29) is 11.9 Å². The molecule has 1 amide bonds. The maximum atomic E-state index is 12.1. The molecule has 3 heterocycles. The van der Waals surface area contributed by atoms with Crippen molar-refractivity contribution in [3.05, 3.63) is 59.4 Å². The number of aliphatic hydroxyl groups is 1. The summed E-state index contributed by atoms with van der Waals surface area (Å²) in [5.41, 5.74) is 9.02. The van der Waals surface area contributed by atoms with E-state index in [2.05, 4.69) is 28.4 Å². The number of carbonyl (C=O) groups excluding carboxylic acids is 1. The van der Waals surface area contributed by atoms with Gasteiger partial charge in [-0.2, -0.15) is 5.10 Å². The molecule has 1 fully saturated rings. The molecule has 2 N–H and O–H groups in total. The van der Waals surface area contributed by atoms with Crippen LogP contribution < -0.4 is 4.74 Å². The Labute approximate surface area is 215 Å². The van der Waals surface area contributed by atoms with Gasteiger partial charge in [-0.15, -0.1) is 0 Å². The molecule has 0 radical (unpaired) electrons. The SMILES string of the molecule is COc1cc2[nH]nc(-c3ccc(C4CC(N(C)C(=O)[C@H](C)O)C4)nc3)c2nc1-c1cccc2c1CCC2. The average molecular weight is 498 g/mol. The smallest absolute Gasteiger partial charge is 0.251 e. The van der Waals surface area contributed by atoms with Crippen LogP contribution in [0.5, 0.6) is 5.75 Å². The number of likely N-dealkylation sites (N-methyl/N-ethyl adjacent to an activating group) is 1. The lowest BCUT2D eigenvalue weighted by Crippen LogP contribution is -2.47. The summed E-state index contributed by atoms with van der Waals surface area (Å²) >= 11 is 0. The third-order valence-electron chi connectivity index (χ3n) is 7.96. The first kappa shape index (κ1) is 23.6. The van der Waals surface area contributed by atoms with E-state index in [1.165, 1.54) is 24.5 Å². The van der Waals surface area contributed by atoms with Crippen molar-refractivity contribution in [2.75, 3.05) is 14.2 Å². The molecule has 8 nitrogen and oxygen atoms in total. The summed E-state index contributed by atoms with van der Waals surface area (Å²) in [5, 5.41) is 17.3. The number of amides is 1. The van der Waals surface area contributed by atoms with Gasteiger partial charge >= 0.3 is 0 Å². The highest BCUT2D eigenvalue weighted by Crippen LogP contribution is 2.41. The lowest BCUT2D eigenvalue weighted by Gasteiger charge is -2.41. The summed E-state index contributed by atoms with van der Waals surface area (Å²) in [5.74, 6) is 0.796. The third-order valence-corrected chi connectivity index (χ3v) is 7.96. The Morgan fingerprint density at radius 2 is 2.03 bits per heavy atom. The lowest BCUT2D eigenvalue weighted by molar-refractivity contribution is -0.141. The molecular weight excluding hydrogens is 466 g/mol. The van der Waals surface area contributed by atoms with E-state index in [1.54, 1.807) is 19.1 Å². The Morgan fingerprint density at radius 1 is 1.19 bits per heavy atom. The van der Waals surface area contributed by atoms with Gasteiger partial charge in [0.05, 0.1) is 12.6 Å². The van der Waals surface area contributed by atoms with Crippen molar-refractivity contribution in [2.45, 2.75) is 57.1 Å². The van der Waals surface area contributed by atoms with E-state index in [0.29, 0.717) is 5.92 Å². The van der Waals surface area contributed by atoms with Crippen LogP contribution in [0.3, 0.4) is 0 Å². The number of carbonyl (C=O) groups is 1. The number of benzene rings is 1. The highest BCUT2D eigenvalue weighted by atomic mass is 16.5. The minimum atomic E-state index is -0.970. The molecule has 1 atom stereocenters. The molecule has 6 rings (SSSR count). The summed E-state index contributed by atoms with van der Waals surface area (Å²) in [6, 6.07) is 12.6. The van der Waals surface area contributed by atoms with Crippen molar-refractivity contribution in [1.29, 1.82) is 0 Å². The van der Waals surface area contributed by atoms with Crippen molar-refractivity contribution in [1.82, 2.24) is 25.1 Å². The molecule has 0 unspecified atom stereocenters. The summed E-state index contributed by atoms with van der Waals surface area (Å²) in [6.07, 6.45) is 5.91. The minimum Gasteiger partial charge on any atom is -0.494 e. The molecule has 0 aliphatic heterocycles. The monoisotopic (exact) mass is 497 g/mol. The number of nitrogens with zero attached hydrogens (tertiary/aromatic N) is 4. The lowest BCUT2D eigenvalue weighted by atomic mass is 9.77. The molecular formula is C29H31N5O3. The number of hydrogen-bond acceptors (Lipinski definition) is 6. The first-order valence-electron chi connectivity index (χ1n) is 12.9. The van der Waals surface area contributed by atoms with Crippen LogP contribution in [-0.4, -0.2) is 62.4 Å². The number of ether oxygens (including phenoxy) is 1. The minimum absolute atomic E-state index is 0.140. The van der Waals surface area contributed by atoms with Crippen molar-refractivity contribution in [2.24, 2.45) is 0 Å². The largest absolute Gasteiger partial charge is 0.494 e. The van der Waals surface area contributed by atoms with Crippen LogP contribution in [0.15, 0.2) is 42.6 Å². The van der Waals surface area contributed by atoms with Gasteiger partial charge in [0.15, 0.2) is 0 Å². The van der Waals surface area contributed by atoms with Gasteiger partial charge in [0.2, 0.25) is 0 Å². The molecule has 3 aromatic heterocycles. The van der Waals surface area contributed by atoms with Crippen molar-refractivity contribution in [3.8, 4) is 28.3 Å². The van der Waals surface area contributed by atoms with Gasteiger partial charge in [-0.05, 0) is 62.3 Å². The van der Waals surface area contributed by atoms with Gasteiger partial charge in [-0.3, -0.25) is 14.9 Å². The number of rotatable bonds is 6. The standard InChI is InChI=1S/C29H31N5O3/c1-16(35)29(36)34(2)20-12-19(13-20)23-11-10-18(15-30-23)26-28-24(32-33-26)14-25(37-3)27(31-28)22-9-5-7-17-6-4-8-21(17)22/h5,7,9-11,14-16,19-20,35H,4,6,8,12-13H2,1-3H3,(H,32,33)/t16-,19?,20?/m0/s1. The van der Waals surface area contributed by atoms with Crippen molar-refractivity contribution < 1.29 is 14.6 Å². The second-order valence-electron chi connectivity index (χ2n) is 10.2. The fourth-order valence-corrected chi connectivity index (χ4v) is 5.73. The first-order valence-corrected chi connectivity index (χ1v) is 12.9. The van der Waals surface area contributed by atoms with Gasteiger partial charge in [0.1, 0.15) is 28.8 Å². The number of fused-ring (bicyclic) bond motifs is 2. The van der Waals surface area contributed by atoms with Crippen LogP contribution in [0, 0.1) is 0 Å². The molecule has 0 saturated heterocycles. The Morgan fingerprint density at radius 3 is 2.76 bits per heavy atom. The van der Waals surface area contributed by atoms with Crippen molar-refractivity contribution in [3.63, 3.8) is 0 Å². The number of aromatic nitrogens is 4. The molecule has 0 bridgehead atoms. The van der Waals surface area contributed by atoms with E-state index in [0.717, 1.165) is 70.7 Å². The van der Waals surface area contributed by atoms with Gasteiger partial charge in [-0.25, -0.2) is 4.98 Å². The molecule has 1 aromatic carbocycles. The van der Waals surface area contributed by atoms with Gasteiger partial charge < -0.3 is 14.7 Å². The predicted octanol–water partition coefficient (Wildman–Crippen LogP) is 4.27. The number of aryl methyl sites for hydroxylation is 1. The summed E-state index contributed by atoms with van der Waals surface area (Å²) < 4.78 is 5.74. The van der Waals surface area contributed by atoms with E-state index in [4.69, 9.17) is 14.7 Å². The Kier molecular flexibility index (Phi) is 5.91. The molecule has 2 aliphatic rings. The second-order valence-corrected chi connectivity index (χ2v) is 10.2. The maximum absolute atomic E-state index is 12.1. The zero-order chi connectivity index (χ0) is 25.7. The Hall–Kier alpha value is -3.78. The fraction of sp³-hybridized carbons (Fsp3) is 0.379. The van der Waals surface area contributed by atoms with E-state index in [1.807, 2.05) is 24.4 Å². The predicted molar refractivity (Wildman–Crippen MR) is 141 cm³/mol. The molecule has 0 spiro atoms. The zero-order valence-electron chi connectivity index (χ0n) is 21.4. The molecule has 190 valence electrons. The normalized spacial score (nSPS) is 19.4. The molecule has 8 heteroatoms. The van der Waals surface area contributed by atoms with Gasteiger partial charge in [0, 0.05) is 48.1 Å². The Bertz CT molecular complexity index is 1470. The summed E-state index contributed by atoms with van der Waals surface area (Å²) in [7, 11) is 3.44. The molecule has 4 aromatic rings. The zero-order valence-corrected chi connectivity index (χ0v) is 21.4. The quantitative estimate of drug-likeness (QED) is 0.412. The number of nitrogens with one attached hydrogen (secondary N) is 1. The second kappa shape index (κ2) is 9.27. The topological polar surface area (TPSA) is 104 Å². The number of pyridine rings is 2. The number of hydrogen-bond donors (Lipinski definition) is 2. The van der Waals surface area contributed by atoms with E-state index >= 15 is 0 Å².